The Morgan fingerprint density at radius 3 is 2.77 bits per heavy atom. The van der Waals surface area contributed by atoms with E-state index in [0.717, 1.165) is 33.4 Å². The van der Waals surface area contributed by atoms with Crippen molar-refractivity contribution in [3.8, 4) is 0 Å². The molecule has 110 valence electrons. The zero-order valence-corrected chi connectivity index (χ0v) is 12.6. The summed E-state index contributed by atoms with van der Waals surface area (Å²) < 4.78 is 0. The molecule has 4 heteroatoms. The number of rotatable bonds is 2. The average Bonchev–Trinajstić information content (AvgIpc) is 3.11. The number of aromatic nitrogens is 1. The van der Waals surface area contributed by atoms with Crippen LogP contribution in [0, 0.1) is 0 Å². The first kappa shape index (κ1) is 13.0. The summed E-state index contributed by atoms with van der Waals surface area (Å²) in [5.74, 6) is 0.0737. The van der Waals surface area contributed by atoms with E-state index in [-0.39, 0.29) is 5.91 Å². The molecule has 0 fully saturated rings. The number of H-pyrrole nitrogens is 1. The van der Waals surface area contributed by atoms with E-state index < -0.39 is 0 Å². The fourth-order valence-corrected chi connectivity index (χ4v) is 2.98. The minimum Gasteiger partial charge on any atom is -0.378 e. The molecule has 1 aliphatic rings. The predicted octanol–water partition coefficient (Wildman–Crippen LogP) is 3.39. The van der Waals surface area contributed by atoms with Crippen LogP contribution in [0.3, 0.4) is 0 Å². The second-order valence-electron chi connectivity index (χ2n) is 5.88. The molecule has 0 bridgehead atoms. The molecule has 1 aromatic heterocycles. The standard InChI is InChI=1S/C18H17N3O/c1-20(2)14-5-4-13-11-21(18(22)16(13)9-14)15-6-3-12-7-8-19-17(12)10-15/h3-10,19H,11H2,1-2H3. The van der Waals surface area contributed by atoms with Crippen LogP contribution in [0.1, 0.15) is 15.9 Å². The molecule has 0 saturated heterocycles. The van der Waals surface area contributed by atoms with E-state index in [1.807, 2.05) is 60.4 Å². The van der Waals surface area contributed by atoms with Gasteiger partial charge in [0.05, 0.1) is 6.54 Å². The number of carbonyl (C=O) groups excluding carboxylic acids is 1. The lowest BCUT2D eigenvalue weighted by atomic mass is 10.1. The van der Waals surface area contributed by atoms with E-state index in [2.05, 4.69) is 17.1 Å². The number of fused-ring (bicyclic) bond motifs is 2. The Labute approximate surface area is 129 Å². The lowest BCUT2D eigenvalue weighted by molar-refractivity contribution is 0.0996. The van der Waals surface area contributed by atoms with Crippen LogP contribution in [-0.4, -0.2) is 25.0 Å². The second kappa shape index (κ2) is 4.63. The molecule has 0 atom stereocenters. The van der Waals surface area contributed by atoms with Crippen molar-refractivity contribution in [2.75, 3.05) is 23.9 Å². The Bertz CT molecular complexity index is 879. The highest BCUT2D eigenvalue weighted by Crippen LogP contribution is 2.32. The summed E-state index contributed by atoms with van der Waals surface area (Å²) in [4.78, 5) is 19.8. The Kier molecular flexibility index (Phi) is 2.73. The van der Waals surface area contributed by atoms with Gasteiger partial charge in [-0.1, -0.05) is 12.1 Å². The third-order valence-corrected chi connectivity index (χ3v) is 4.26. The number of anilines is 2. The van der Waals surface area contributed by atoms with Gasteiger partial charge in [-0.25, -0.2) is 0 Å². The summed E-state index contributed by atoms with van der Waals surface area (Å²) >= 11 is 0. The largest absolute Gasteiger partial charge is 0.378 e. The third kappa shape index (κ3) is 1.88. The molecule has 0 spiro atoms. The number of amides is 1. The second-order valence-corrected chi connectivity index (χ2v) is 5.88. The predicted molar refractivity (Wildman–Crippen MR) is 89.6 cm³/mol. The number of benzene rings is 2. The topological polar surface area (TPSA) is 39.3 Å². The Balaban J connectivity index is 1.74. The van der Waals surface area contributed by atoms with Crippen molar-refractivity contribution in [2.45, 2.75) is 6.54 Å². The average molecular weight is 291 g/mol. The molecule has 0 saturated carbocycles. The van der Waals surface area contributed by atoms with E-state index in [9.17, 15) is 4.79 Å². The van der Waals surface area contributed by atoms with E-state index in [1.54, 1.807) is 0 Å². The number of nitrogens with one attached hydrogen (secondary N) is 1. The van der Waals surface area contributed by atoms with Gasteiger partial charge in [0.1, 0.15) is 0 Å². The van der Waals surface area contributed by atoms with E-state index in [1.165, 1.54) is 0 Å². The summed E-state index contributed by atoms with van der Waals surface area (Å²) in [6.45, 7) is 0.633. The summed E-state index contributed by atoms with van der Waals surface area (Å²) in [6.07, 6.45) is 1.92. The van der Waals surface area contributed by atoms with Crippen LogP contribution in [0.4, 0.5) is 11.4 Å². The number of aromatic amines is 1. The number of carbonyl (C=O) groups is 1. The van der Waals surface area contributed by atoms with Crippen molar-refractivity contribution in [3.05, 3.63) is 59.8 Å². The molecular formula is C18H17N3O. The van der Waals surface area contributed by atoms with Crippen molar-refractivity contribution >= 4 is 28.2 Å². The van der Waals surface area contributed by atoms with Gasteiger partial charge in [0.15, 0.2) is 0 Å². The third-order valence-electron chi connectivity index (χ3n) is 4.26. The van der Waals surface area contributed by atoms with Gasteiger partial charge < -0.3 is 14.8 Å². The Morgan fingerprint density at radius 1 is 1.09 bits per heavy atom. The van der Waals surface area contributed by atoms with Crippen LogP contribution in [0.25, 0.3) is 10.9 Å². The maximum Gasteiger partial charge on any atom is 0.259 e. The SMILES string of the molecule is CN(C)c1ccc2c(c1)C(=O)N(c1ccc3cc[nH]c3c1)C2. The van der Waals surface area contributed by atoms with Gasteiger partial charge in [0, 0.05) is 42.7 Å². The highest BCUT2D eigenvalue weighted by molar-refractivity contribution is 6.11. The first-order chi connectivity index (χ1) is 10.6. The van der Waals surface area contributed by atoms with Crippen LogP contribution in [0.2, 0.25) is 0 Å². The van der Waals surface area contributed by atoms with Crippen molar-refractivity contribution in [1.29, 1.82) is 0 Å². The van der Waals surface area contributed by atoms with Gasteiger partial charge in [0.25, 0.3) is 5.91 Å². The van der Waals surface area contributed by atoms with Gasteiger partial charge in [0.2, 0.25) is 0 Å². The molecule has 0 unspecified atom stereocenters. The molecule has 22 heavy (non-hydrogen) atoms. The van der Waals surface area contributed by atoms with Crippen LogP contribution in [0.5, 0.6) is 0 Å². The first-order valence-electron chi connectivity index (χ1n) is 7.33. The van der Waals surface area contributed by atoms with E-state index in [0.29, 0.717) is 6.54 Å². The lowest BCUT2D eigenvalue weighted by Crippen LogP contribution is -2.22. The van der Waals surface area contributed by atoms with Gasteiger partial charge >= 0.3 is 0 Å². The number of nitrogens with zero attached hydrogens (tertiary/aromatic N) is 2. The molecule has 3 aromatic rings. The van der Waals surface area contributed by atoms with Crippen LogP contribution in [-0.2, 0) is 6.54 Å². The van der Waals surface area contributed by atoms with E-state index >= 15 is 0 Å². The molecule has 1 N–H and O–H groups in total. The van der Waals surface area contributed by atoms with Gasteiger partial charge in [-0.15, -0.1) is 0 Å². The maximum atomic E-state index is 12.7. The quantitative estimate of drug-likeness (QED) is 0.786. The van der Waals surface area contributed by atoms with Crippen molar-refractivity contribution in [1.82, 2.24) is 4.98 Å². The van der Waals surface area contributed by atoms with Crippen LogP contribution in [0.15, 0.2) is 48.7 Å². The Morgan fingerprint density at radius 2 is 1.95 bits per heavy atom. The lowest BCUT2D eigenvalue weighted by Gasteiger charge is -2.15. The van der Waals surface area contributed by atoms with Crippen LogP contribution < -0.4 is 9.80 Å². The minimum absolute atomic E-state index is 0.0737. The molecule has 2 heterocycles. The van der Waals surface area contributed by atoms with Gasteiger partial charge in [-0.05, 0) is 41.3 Å². The molecule has 4 rings (SSSR count). The zero-order valence-electron chi connectivity index (χ0n) is 12.6. The van der Waals surface area contributed by atoms with Crippen LogP contribution >= 0.6 is 0 Å². The summed E-state index contributed by atoms with van der Waals surface area (Å²) in [7, 11) is 3.97. The Hall–Kier alpha value is -2.75. The smallest absolute Gasteiger partial charge is 0.259 e. The van der Waals surface area contributed by atoms with Gasteiger partial charge in [-0.2, -0.15) is 0 Å². The number of hydrogen-bond donors (Lipinski definition) is 1. The summed E-state index contributed by atoms with van der Waals surface area (Å²) in [6, 6.07) is 14.2. The van der Waals surface area contributed by atoms with Crippen molar-refractivity contribution in [3.63, 3.8) is 0 Å². The monoisotopic (exact) mass is 291 g/mol. The fourth-order valence-electron chi connectivity index (χ4n) is 2.98. The highest BCUT2D eigenvalue weighted by Gasteiger charge is 2.29. The minimum atomic E-state index is 0.0737. The van der Waals surface area contributed by atoms with E-state index in [4.69, 9.17) is 0 Å². The first-order valence-corrected chi connectivity index (χ1v) is 7.33. The molecule has 1 aliphatic heterocycles. The molecule has 0 aliphatic carbocycles. The normalized spacial score (nSPS) is 13.7. The van der Waals surface area contributed by atoms with Gasteiger partial charge in [-0.3, -0.25) is 4.79 Å². The molecule has 1 amide bonds. The molecular weight excluding hydrogens is 274 g/mol. The summed E-state index contributed by atoms with van der Waals surface area (Å²) in [5, 5.41) is 1.16. The van der Waals surface area contributed by atoms with Crippen molar-refractivity contribution in [2.24, 2.45) is 0 Å². The molecule has 0 radical (unpaired) electrons. The molecule has 4 nitrogen and oxygen atoms in total. The van der Waals surface area contributed by atoms with Crippen molar-refractivity contribution < 1.29 is 4.79 Å². The zero-order chi connectivity index (χ0) is 15.3. The maximum absolute atomic E-state index is 12.7. The highest BCUT2D eigenvalue weighted by atomic mass is 16.2. The molecule has 2 aromatic carbocycles. The number of hydrogen-bond acceptors (Lipinski definition) is 2. The summed E-state index contributed by atoms with van der Waals surface area (Å²) in [5.41, 5.74) is 4.92. The fraction of sp³-hybridized carbons (Fsp3) is 0.167.